The lowest BCUT2D eigenvalue weighted by Crippen LogP contribution is -2.52. The van der Waals surface area contributed by atoms with Crippen molar-refractivity contribution in [2.24, 2.45) is 0 Å². The third-order valence-corrected chi connectivity index (χ3v) is 9.09. The molecule has 1 aromatic carbocycles. The second kappa shape index (κ2) is 8.75. The standard InChI is InChI=1S/C21H26FN5O3S2/c22-18-4-2-1-3-17(18)20-23-24-21(27(20)15-5-6-15)31-13-19(28)26-10-8-25(9-11-26)16-7-12-32(29,30)14-16/h1-4,15-16H,5-14H2. The first kappa shape index (κ1) is 21.8. The van der Waals surface area contributed by atoms with E-state index in [-0.39, 0.29) is 41.1 Å². The summed E-state index contributed by atoms with van der Waals surface area (Å²) in [5.74, 6) is 0.969. The highest BCUT2D eigenvalue weighted by Crippen LogP contribution is 2.41. The molecular weight excluding hydrogens is 453 g/mol. The Morgan fingerprint density at radius 2 is 1.81 bits per heavy atom. The molecule has 0 radical (unpaired) electrons. The Kier molecular flexibility index (Phi) is 5.98. The monoisotopic (exact) mass is 479 g/mol. The summed E-state index contributed by atoms with van der Waals surface area (Å²) < 4.78 is 39.8. The number of hydrogen-bond donors (Lipinski definition) is 0. The van der Waals surface area contributed by atoms with Gasteiger partial charge in [0.2, 0.25) is 5.91 Å². The first-order valence-corrected chi connectivity index (χ1v) is 13.8. The number of halogens is 1. The fourth-order valence-corrected chi connectivity index (χ4v) is 7.15. The van der Waals surface area contributed by atoms with Gasteiger partial charge in [0.1, 0.15) is 5.82 Å². The average molecular weight is 480 g/mol. The molecule has 11 heteroatoms. The van der Waals surface area contributed by atoms with Crippen molar-refractivity contribution in [2.45, 2.75) is 36.5 Å². The predicted octanol–water partition coefficient (Wildman–Crippen LogP) is 1.84. The Hall–Kier alpha value is -1.98. The third-order valence-electron chi connectivity index (χ3n) is 6.41. The van der Waals surface area contributed by atoms with E-state index in [1.807, 2.05) is 9.47 Å². The normalized spacial score (nSPS) is 23.5. The highest BCUT2D eigenvalue weighted by molar-refractivity contribution is 7.99. The summed E-state index contributed by atoms with van der Waals surface area (Å²) in [4.78, 5) is 16.8. The largest absolute Gasteiger partial charge is 0.339 e. The fraction of sp³-hybridized carbons (Fsp3) is 0.571. The summed E-state index contributed by atoms with van der Waals surface area (Å²) in [5, 5.41) is 9.15. The average Bonchev–Trinajstić information content (AvgIpc) is 3.43. The lowest BCUT2D eigenvalue weighted by molar-refractivity contribution is -0.130. The topological polar surface area (TPSA) is 88.4 Å². The second-order valence-corrected chi connectivity index (χ2v) is 11.8. The van der Waals surface area contributed by atoms with Gasteiger partial charge in [-0.25, -0.2) is 12.8 Å². The van der Waals surface area contributed by atoms with Gasteiger partial charge in [-0.3, -0.25) is 14.3 Å². The quantitative estimate of drug-likeness (QED) is 0.584. The number of hydrogen-bond acceptors (Lipinski definition) is 7. The van der Waals surface area contributed by atoms with Crippen LogP contribution in [0.4, 0.5) is 4.39 Å². The van der Waals surface area contributed by atoms with Crippen LogP contribution in [0.1, 0.15) is 25.3 Å². The second-order valence-electron chi connectivity index (χ2n) is 8.65. The molecule has 1 saturated carbocycles. The van der Waals surface area contributed by atoms with Gasteiger partial charge in [0.05, 0.1) is 22.8 Å². The maximum Gasteiger partial charge on any atom is 0.233 e. The molecule has 8 nitrogen and oxygen atoms in total. The number of sulfone groups is 1. The molecule has 3 fully saturated rings. The van der Waals surface area contributed by atoms with Crippen molar-refractivity contribution in [1.29, 1.82) is 0 Å². The summed E-state index contributed by atoms with van der Waals surface area (Å²) >= 11 is 1.35. The van der Waals surface area contributed by atoms with Gasteiger partial charge < -0.3 is 4.90 Å². The Bertz CT molecular complexity index is 1110. The first-order chi connectivity index (χ1) is 15.4. The molecule has 1 amide bonds. The number of piperazine rings is 1. The van der Waals surface area contributed by atoms with Crippen molar-refractivity contribution >= 4 is 27.5 Å². The molecule has 172 valence electrons. The van der Waals surface area contributed by atoms with E-state index in [4.69, 9.17) is 0 Å². The molecule has 32 heavy (non-hydrogen) atoms. The van der Waals surface area contributed by atoms with E-state index in [9.17, 15) is 17.6 Å². The number of rotatable bonds is 6. The van der Waals surface area contributed by atoms with Crippen LogP contribution in [-0.4, -0.2) is 88.4 Å². The van der Waals surface area contributed by atoms with Crippen LogP contribution in [-0.2, 0) is 14.6 Å². The number of nitrogens with zero attached hydrogens (tertiary/aromatic N) is 5. The van der Waals surface area contributed by atoms with Gasteiger partial charge >= 0.3 is 0 Å². The molecule has 1 aliphatic carbocycles. The van der Waals surface area contributed by atoms with E-state index in [1.165, 1.54) is 17.8 Å². The van der Waals surface area contributed by atoms with Gasteiger partial charge in [0, 0.05) is 38.3 Å². The molecule has 0 spiro atoms. The minimum Gasteiger partial charge on any atom is -0.339 e. The molecule has 1 aromatic heterocycles. The van der Waals surface area contributed by atoms with Crippen LogP contribution in [0.5, 0.6) is 0 Å². The van der Waals surface area contributed by atoms with Crippen molar-refractivity contribution in [3.63, 3.8) is 0 Å². The molecule has 5 rings (SSSR count). The molecule has 2 saturated heterocycles. The smallest absolute Gasteiger partial charge is 0.233 e. The van der Waals surface area contributed by atoms with Crippen LogP contribution in [0.15, 0.2) is 29.4 Å². The van der Waals surface area contributed by atoms with Gasteiger partial charge in [-0.15, -0.1) is 10.2 Å². The maximum atomic E-state index is 14.3. The molecule has 3 aliphatic rings. The highest BCUT2D eigenvalue weighted by Gasteiger charge is 2.35. The van der Waals surface area contributed by atoms with E-state index in [1.54, 1.807) is 18.2 Å². The zero-order valence-corrected chi connectivity index (χ0v) is 19.3. The van der Waals surface area contributed by atoms with Gasteiger partial charge in [-0.05, 0) is 31.4 Å². The van der Waals surface area contributed by atoms with E-state index < -0.39 is 9.84 Å². The number of carbonyl (C=O) groups excluding carboxylic acids is 1. The van der Waals surface area contributed by atoms with Crippen molar-refractivity contribution in [1.82, 2.24) is 24.6 Å². The van der Waals surface area contributed by atoms with Crippen LogP contribution in [0.3, 0.4) is 0 Å². The Labute approximate surface area is 191 Å². The summed E-state index contributed by atoms with van der Waals surface area (Å²) in [6.07, 6.45) is 2.69. The van der Waals surface area contributed by atoms with Crippen LogP contribution < -0.4 is 0 Å². The molecule has 2 aromatic rings. The Morgan fingerprint density at radius 3 is 2.47 bits per heavy atom. The van der Waals surface area contributed by atoms with E-state index >= 15 is 0 Å². The van der Waals surface area contributed by atoms with E-state index in [0.29, 0.717) is 49.1 Å². The molecule has 3 heterocycles. The van der Waals surface area contributed by atoms with E-state index in [0.717, 1.165) is 12.8 Å². The van der Waals surface area contributed by atoms with Crippen molar-refractivity contribution in [3.8, 4) is 11.4 Å². The fourth-order valence-electron chi connectivity index (χ4n) is 4.48. The van der Waals surface area contributed by atoms with Crippen molar-refractivity contribution in [2.75, 3.05) is 43.4 Å². The summed E-state index contributed by atoms with van der Waals surface area (Å²) in [6.45, 7) is 2.61. The van der Waals surface area contributed by atoms with Crippen LogP contribution in [0.25, 0.3) is 11.4 Å². The number of carbonyl (C=O) groups is 1. The maximum absolute atomic E-state index is 14.3. The number of amides is 1. The predicted molar refractivity (Wildman–Crippen MR) is 120 cm³/mol. The van der Waals surface area contributed by atoms with Crippen LogP contribution >= 0.6 is 11.8 Å². The van der Waals surface area contributed by atoms with Crippen molar-refractivity contribution in [3.05, 3.63) is 30.1 Å². The van der Waals surface area contributed by atoms with Gasteiger partial charge in [-0.2, -0.15) is 0 Å². The third kappa shape index (κ3) is 4.55. The molecule has 0 bridgehead atoms. The highest BCUT2D eigenvalue weighted by atomic mass is 32.2. The van der Waals surface area contributed by atoms with Gasteiger partial charge in [0.15, 0.2) is 20.8 Å². The Morgan fingerprint density at radius 1 is 1.06 bits per heavy atom. The van der Waals surface area contributed by atoms with Crippen LogP contribution in [0, 0.1) is 5.82 Å². The minimum absolute atomic E-state index is 0.0338. The Balaban J connectivity index is 1.20. The van der Waals surface area contributed by atoms with E-state index in [2.05, 4.69) is 15.1 Å². The van der Waals surface area contributed by atoms with Crippen molar-refractivity contribution < 1.29 is 17.6 Å². The zero-order chi connectivity index (χ0) is 22.3. The summed E-state index contributed by atoms with van der Waals surface area (Å²) in [5.41, 5.74) is 0.426. The van der Waals surface area contributed by atoms with Crippen LogP contribution in [0.2, 0.25) is 0 Å². The number of thioether (sulfide) groups is 1. The molecule has 0 N–H and O–H groups in total. The minimum atomic E-state index is -2.91. The first-order valence-electron chi connectivity index (χ1n) is 11.0. The number of aromatic nitrogens is 3. The lowest BCUT2D eigenvalue weighted by Gasteiger charge is -2.37. The summed E-state index contributed by atoms with van der Waals surface area (Å²) in [6, 6.07) is 6.88. The SMILES string of the molecule is O=C(CSc1nnc(-c2ccccc2F)n1C1CC1)N1CCN(C2CCS(=O)(=O)C2)CC1. The zero-order valence-electron chi connectivity index (χ0n) is 17.7. The number of benzene rings is 1. The molecule has 2 aliphatic heterocycles. The molecular formula is C21H26FN5O3S2. The van der Waals surface area contributed by atoms with Gasteiger partial charge in [-0.1, -0.05) is 23.9 Å². The summed E-state index contributed by atoms with van der Waals surface area (Å²) in [7, 11) is -2.91. The van der Waals surface area contributed by atoms with Gasteiger partial charge in [0.25, 0.3) is 0 Å². The molecule has 1 atom stereocenters. The lowest BCUT2D eigenvalue weighted by atomic mass is 10.2. The molecule has 1 unspecified atom stereocenters.